The topological polar surface area (TPSA) is 108 Å². The van der Waals surface area contributed by atoms with Crippen molar-refractivity contribution in [3.05, 3.63) is 64.2 Å². The van der Waals surface area contributed by atoms with Gasteiger partial charge in [-0.2, -0.15) is 0 Å². The lowest BCUT2D eigenvalue weighted by atomic mass is 10.2. The van der Waals surface area contributed by atoms with Crippen molar-refractivity contribution >= 4 is 15.7 Å². The summed E-state index contributed by atoms with van der Waals surface area (Å²) in [5.74, 6) is 0.666. The van der Waals surface area contributed by atoms with Crippen LogP contribution in [0.3, 0.4) is 0 Å². The summed E-state index contributed by atoms with van der Waals surface area (Å²) >= 11 is 0. The van der Waals surface area contributed by atoms with Crippen LogP contribution in [0.1, 0.15) is 5.56 Å². The maximum Gasteiger partial charge on any atom is 0.269 e. The Morgan fingerprint density at radius 2 is 1.68 bits per heavy atom. The summed E-state index contributed by atoms with van der Waals surface area (Å²) in [5.41, 5.74) is 0.590. The smallest absolute Gasteiger partial charge is 0.269 e. The minimum atomic E-state index is -3.75. The largest absolute Gasteiger partial charge is 0.491 e. The molecule has 2 rings (SSSR count). The van der Waals surface area contributed by atoms with E-state index in [4.69, 9.17) is 9.47 Å². The van der Waals surface area contributed by atoms with E-state index in [-0.39, 0.29) is 17.1 Å². The second-order valence-electron chi connectivity index (χ2n) is 5.06. The predicted molar refractivity (Wildman–Crippen MR) is 90.9 cm³/mol. The third kappa shape index (κ3) is 5.52. The number of nitro benzene ring substituents is 1. The quantitative estimate of drug-likeness (QED) is 0.414. The number of nitrogens with zero attached hydrogens (tertiary/aromatic N) is 1. The number of hydrogen-bond acceptors (Lipinski definition) is 6. The highest BCUT2D eigenvalue weighted by Crippen LogP contribution is 2.17. The molecule has 0 aliphatic rings. The standard InChI is InChI=1S/C16H18N2O6S/c1-23-10-11-24-15-6-2-13(3-7-15)12-17-25(21,22)16-8-4-14(5-9-16)18(19)20/h2-9,17H,10-12H2,1H3. The summed E-state index contributed by atoms with van der Waals surface area (Å²) in [4.78, 5) is 9.99. The Balaban J connectivity index is 1.96. The molecule has 1 N–H and O–H groups in total. The van der Waals surface area contributed by atoms with Gasteiger partial charge in [-0.1, -0.05) is 12.1 Å². The molecular formula is C16H18N2O6S. The highest BCUT2D eigenvalue weighted by atomic mass is 32.2. The zero-order valence-corrected chi connectivity index (χ0v) is 14.4. The molecule has 8 nitrogen and oxygen atoms in total. The Bertz CT molecular complexity index is 804. The van der Waals surface area contributed by atoms with Gasteiger partial charge < -0.3 is 9.47 Å². The lowest BCUT2D eigenvalue weighted by Crippen LogP contribution is -2.23. The molecule has 0 aliphatic heterocycles. The number of sulfonamides is 1. The molecule has 0 saturated carbocycles. The van der Waals surface area contributed by atoms with E-state index in [1.807, 2.05) is 0 Å². The van der Waals surface area contributed by atoms with E-state index in [2.05, 4.69) is 4.72 Å². The number of nitro groups is 1. The van der Waals surface area contributed by atoms with Crippen molar-refractivity contribution in [1.82, 2.24) is 4.72 Å². The number of methoxy groups -OCH3 is 1. The maximum absolute atomic E-state index is 12.2. The average Bonchev–Trinajstić information content (AvgIpc) is 2.61. The van der Waals surface area contributed by atoms with Gasteiger partial charge in [-0.25, -0.2) is 13.1 Å². The van der Waals surface area contributed by atoms with Gasteiger partial charge in [0.25, 0.3) is 5.69 Å². The molecule has 0 unspecified atom stereocenters. The Morgan fingerprint density at radius 3 is 2.24 bits per heavy atom. The van der Waals surface area contributed by atoms with Gasteiger partial charge in [0, 0.05) is 25.8 Å². The van der Waals surface area contributed by atoms with Gasteiger partial charge in [-0.3, -0.25) is 10.1 Å². The van der Waals surface area contributed by atoms with Crippen LogP contribution < -0.4 is 9.46 Å². The molecule has 25 heavy (non-hydrogen) atoms. The summed E-state index contributed by atoms with van der Waals surface area (Å²) in [5, 5.41) is 10.6. The molecule has 0 spiro atoms. The van der Waals surface area contributed by atoms with E-state index in [1.54, 1.807) is 31.4 Å². The molecule has 0 amide bonds. The molecule has 2 aromatic rings. The van der Waals surface area contributed by atoms with Crippen LogP contribution in [0.5, 0.6) is 5.75 Å². The molecule has 0 saturated heterocycles. The van der Waals surface area contributed by atoms with Gasteiger partial charge in [0.2, 0.25) is 10.0 Å². The van der Waals surface area contributed by atoms with Crippen LogP contribution >= 0.6 is 0 Å². The van der Waals surface area contributed by atoms with Crippen molar-refractivity contribution in [2.45, 2.75) is 11.4 Å². The van der Waals surface area contributed by atoms with Crippen LogP contribution in [-0.2, 0) is 21.3 Å². The van der Waals surface area contributed by atoms with E-state index in [9.17, 15) is 18.5 Å². The molecule has 0 bridgehead atoms. The first-order valence-electron chi connectivity index (χ1n) is 7.37. The van der Waals surface area contributed by atoms with Crippen LogP contribution in [0.15, 0.2) is 53.4 Å². The molecule has 0 heterocycles. The molecular weight excluding hydrogens is 348 g/mol. The Morgan fingerprint density at radius 1 is 1.04 bits per heavy atom. The van der Waals surface area contributed by atoms with Crippen molar-refractivity contribution in [2.24, 2.45) is 0 Å². The van der Waals surface area contributed by atoms with Crippen LogP contribution in [-0.4, -0.2) is 33.7 Å². The summed E-state index contributed by atoms with van der Waals surface area (Å²) in [7, 11) is -2.16. The number of benzene rings is 2. The first kappa shape index (κ1) is 18.8. The lowest BCUT2D eigenvalue weighted by molar-refractivity contribution is -0.384. The van der Waals surface area contributed by atoms with E-state index >= 15 is 0 Å². The molecule has 0 atom stereocenters. The van der Waals surface area contributed by atoms with Crippen molar-refractivity contribution in [3.8, 4) is 5.75 Å². The fourth-order valence-electron chi connectivity index (χ4n) is 1.96. The van der Waals surface area contributed by atoms with Crippen molar-refractivity contribution in [2.75, 3.05) is 20.3 Å². The third-order valence-electron chi connectivity index (χ3n) is 3.30. The molecule has 134 valence electrons. The van der Waals surface area contributed by atoms with Crippen molar-refractivity contribution in [3.63, 3.8) is 0 Å². The predicted octanol–water partition coefficient (Wildman–Crippen LogP) is 2.10. The minimum absolute atomic E-state index is 0.0300. The number of ether oxygens (including phenoxy) is 2. The van der Waals surface area contributed by atoms with E-state index in [0.29, 0.717) is 19.0 Å². The van der Waals surface area contributed by atoms with Gasteiger partial charge in [-0.05, 0) is 29.8 Å². The molecule has 0 fully saturated rings. The van der Waals surface area contributed by atoms with Crippen molar-refractivity contribution in [1.29, 1.82) is 0 Å². The Kier molecular flexibility index (Phi) is 6.45. The fraction of sp³-hybridized carbons (Fsp3) is 0.250. The number of hydrogen-bond donors (Lipinski definition) is 1. The van der Waals surface area contributed by atoms with Crippen LogP contribution in [0.2, 0.25) is 0 Å². The second-order valence-corrected chi connectivity index (χ2v) is 6.83. The molecule has 0 radical (unpaired) electrons. The number of non-ortho nitro benzene ring substituents is 1. The van der Waals surface area contributed by atoms with Gasteiger partial charge in [0.15, 0.2) is 0 Å². The first-order chi connectivity index (χ1) is 11.9. The third-order valence-corrected chi connectivity index (χ3v) is 4.72. The van der Waals surface area contributed by atoms with Gasteiger partial charge >= 0.3 is 0 Å². The van der Waals surface area contributed by atoms with Crippen LogP contribution in [0.4, 0.5) is 5.69 Å². The summed E-state index contributed by atoms with van der Waals surface area (Å²) in [6, 6.07) is 11.7. The molecule has 2 aromatic carbocycles. The van der Waals surface area contributed by atoms with Crippen molar-refractivity contribution < 1.29 is 22.8 Å². The molecule has 9 heteroatoms. The summed E-state index contributed by atoms with van der Waals surface area (Å²) in [6.07, 6.45) is 0. The molecule has 0 aromatic heterocycles. The van der Waals surface area contributed by atoms with Crippen LogP contribution in [0, 0.1) is 10.1 Å². The van der Waals surface area contributed by atoms with E-state index < -0.39 is 14.9 Å². The monoisotopic (exact) mass is 366 g/mol. The highest BCUT2D eigenvalue weighted by Gasteiger charge is 2.15. The van der Waals surface area contributed by atoms with E-state index in [1.165, 1.54) is 12.1 Å². The fourth-order valence-corrected chi connectivity index (χ4v) is 2.97. The highest BCUT2D eigenvalue weighted by molar-refractivity contribution is 7.89. The lowest BCUT2D eigenvalue weighted by Gasteiger charge is -2.08. The summed E-state index contributed by atoms with van der Waals surface area (Å²) in [6.45, 7) is 1.01. The Hall–Kier alpha value is -2.49. The normalized spacial score (nSPS) is 11.2. The van der Waals surface area contributed by atoms with Crippen LogP contribution in [0.25, 0.3) is 0 Å². The zero-order chi connectivity index (χ0) is 18.3. The van der Waals surface area contributed by atoms with Gasteiger partial charge in [0.05, 0.1) is 16.4 Å². The number of rotatable bonds is 9. The average molecular weight is 366 g/mol. The summed E-state index contributed by atoms with van der Waals surface area (Å²) < 4.78 is 37.2. The number of nitrogens with one attached hydrogen (secondary N) is 1. The molecule has 0 aliphatic carbocycles. The van der Waals surface area contributed by atoms with E-state index in [0.717, 1.165) is 17.7 Å². The SMILES string of the molecule is COCCOc1ccc(CNS(=O)(=O)c2ccc([N+](=O)[O-])cc2)cc1. The Labute approximate surface area is 145 Å². The second kappa shape index (κ2) is 8.56. The first-order valence-corrected chi connectivity index (χ1v) is 8.85. The van der Waals surface area contributed by atoms with Gasteiger partial charge in [0.1, 0.15) is 12.4 Å². The maximum atomic E-state index is 12.2. The zero-order valence-electron chi connectivity index (χ0n) is 13.5. The van der Waals surface area contributed by atoms with Gasteiger partial charge in [-0.15, -0.1) is 0 Å². The minimum Gasteiger partial charge on any atom is -0.491 e.